The molecule has 1 aromatic carbocycles. The Balaban J connectivity index is 2.22. The van der Waals surface area contributed by atoms with Gasteiger partial charge in [-0.15, -0.1) is 11.3 Å². The summed E-state index contributed by atoms with van der Waals surface area (Å²) in [7, 11) is 3.22. The van der Waals surface area contributed by atoms with Gasteiger partial charge in [0.15, 0.2) is 11.5 Å². The van der Waals surface area contributed by atoms with Gasteiger partial charge in [0, 0.05) is 17.8 Å². The molecule has 0 N–H and O–H groups in total. The lowest BCUT2D eigenvalue weighted by molar-refractivity contribution is 0.355. The Labute approximate surface area is 104 Å². The number of aromatic nitrogens is 1. The highest BCUT2D eigenvalue weighted by atomic mass is 32.1. The molecule has 0 fully saturated rings. The van der Waals surface area contributed by atoms with Gasteiger partial charge in [-0.25, -0.2) is 9.98 Å². The van der Waals surface area contributed by atoms with Gasteiger partial charge in [-0.2, -0.15) is 0 Å². The molecule has 0 aliphatic carbocycles. The van der Waals surface area contributed by atoms with Crippen molar-refractivity contribution in [1.82, 2.24) is 4.98 Å². The normalized spacial score (nSPS) is 10.7. The van der Waals surface area contributed by atoms with E-state index in [1.807, 2.05) is 23.6 Å². The Bertz CT molecular complexity index is 509. The van der Waals surface area contributed by atoms with Crippen LogP contribution in [0.5, 0.6) is 11.5 Å². The van der Waals surface area contributed by atoms with E-state index < -0.39 is 0 Å². The standard InChI is InChI=1S/C12H12N2O2S/c1-15-10-4-3-9(7-11(10)16-2)8-14-12-13-5-6-17-12/h3-8H,1-2H3. The van der Waals surface area contributed by atoms with E-state index in [9.17, 15) is 0 Å². The van der Waals surface area contributed by atoms with Crippen molar-refractivity contribution in [1.29, 1.82) is 0 Å². The second kappa shape index (κ2) is 5.45. The van der Waals surface area contributed by atoms with Crippen LogP contribution >= 0.6 is 11.3 Å². The van der Waals surface area contributed by atoms with E-state index in [-0.39, 0.29) is 0 Å². The van der Waals surface area contributed by atoms with E-state index in [1.165, 1.54) is 11.3 Å². The molecule has 0 aliphatic heterocycles. The third-order valence-corrected chi connectivity index (χ3v) is 2.83. The summed E-state index contributed by atoms with van der Waals surface area (Å²) in [5.74, 6) is 1.40. The molecule has 0 bridgehead atoms. The highest BCUT2D eigenvalue weighted by Crippen LogP contribution is 2.27. The first-order chi connectivity index (χ1) is 8.33. The lowest BCUT2D eigenvalue weighted by Gasteiger charge is -2.07. The van der Waals surface area contributed by atoms with Crippen LogP contribution in [0.15, 0.2) is 34.8 Å². The number of nitrogens with zero attached hydrogens (tertiary/aromatic N) is 2. The van der Waals surface area contributed by atoms with Gasteiger partial charge in [-0.1, -0.05) is 0 Å². The zero-order chi connectivity index (χ0) is 12.1. The molecule has 1 aromatic heterocycles. The first-order valence-corrected chi connectivity index (χ1v) is 5.87. The second-order valence-electron chi connectivity index (χ2n) is 3.19. The topological polar surface area (TPSA) is 43.7 Å². The van der Waals surface area contributed by atoms with Gasteiger partial charge in [0.1, 0.15) is 0 Å². The van der Waals surface area contributed by atoms with Crippen LogP contribution in [0.1, 0.15) is 5.56 Å². The molecule has 5 heteroatoms. The number of ether oxygens (including phenoxy) is 2. The summed E-state index contributed by atoms with van der Waals surface area (Å²) in [6, 6.07) is 5.64. The summed E-state index contributed by atoms with van der Waals surface area (Å²) in [5.41, 5.74) is 0.942. The minimum absolute atomic E-state index is 0.690. The van der Waals surface area contributed by atoms with Gasteiger partial charge in [-0.3, -0.25) is 0 Å². The number of aliphatic imine (C=N–C) groups is 1. The molecule has 2 rings (SSSR count). The maximum atomic E-state index is 5.21. The number of hydrogen-bond acceptors (Lipinski definition) is 5. The van der Waals surface area contributed by atoms with Crippen molar-refractivity contribution >= 4 is 22.7 Å². The fourth-order valence-electron chi connectivity index (χ4n) is 1.34. The third-order valence-electron chi connectivity index (χ3n) is 2.15. The zero-order valence-electron chi connectivity index (χ0n) is 9.58. The Hall–Kier alpha value is -1.88. The Morgan fingerprint density at radius 1 is 1.24 bits per heavy atom. The quantitative estimate of drug-likeness (QED) is 0.781. The monoisotopic (exact) mass is 248 g/mol. The van der Waals surface area contributed by atoms with Crippen LogP contribution in [0, 0.1) is 0 Å². The molecule has 2 aromatic rings. The number of thiazole rings is 1. The highest BCUT2D eigenvalue weighted by Gasteiger charge is 2.02. The first-order valence-electron chi connectivity index (χ1n) is 4.99. The maximum absolute atomic E-state index is 5.21. The molecule has 4 nitrogen and oxygen atoms in total. The van der Waals surface area contributed by atoms with Crippen molar-refractivity contribution in [3.63, 3.8) is 0 Å². The van der Waals surface area contributed by atoms with Crippen molar-refractivity contribution in [2.24, 2.45) is 4.99 Å². The van der Waals surface area contributed by atoms with Crippen molar-refractivity contribution in [3.8, 4) is 11.5 Å². The molecule has 0 aliphatic rings. The van der Waals surface area contributed by atoms with E-state index in [4.69, 9.17) is 9.47 Å². The van der Waals surface area contributed by atoms with Crippen molar-refractivity contribution < 1.29 is 9.47 Å². The van der Waals surface area contributed by atoms with Gasteiger partial charge in [0.25, 0.3) is 0 Å². The molecule has 0 amide bonds. The van der Waals surface area contributed by atoms with E-state index in [2.05, 4.69) is 9.98 Å². The Morgan fingerprint density at radius 2 is 2.06 bits per heavy atom. The predicted octanol–water partition coefficient (Wildman–Crippen LogP) is 2.91. The Morgan fingerprint density at radius 3 is 2.71 bits per heavy atom. The van der Waals surface area contributed by atoms with Gasteiger partial charge < -0.3 is 9.47 Å². The SMILES string of the molecule is COc1ccc(C=Nc2nccs2)cc1OC. The van der Waals surface area contributed by atoms with Crippen molar-refractivity contribution in [2.75, 3.05) is 14.2 Å². The molecule has 0 saturated heterocycles. The van der Waals surface area contributed by atoms with Crippen molar-refractivity contribution in [2.45, 2.75) is 0 Å². The number of hydrogen-bond donors (Lipinski definition) is 0. The smallest absolute Gasteiger partial charge is 0.208 e. The fourth-order valence-corrected chi connectivity index (χ4v) is 1.82. The molecule has 0 radical (unpaired) electrons. The van der Waals surface area contributed by atoms with Gasteiger partial charge in [0.2, 0.25) is 5.13 Å². The number of benzene rings is 1. The van der Waals surface area contributed by atoms with E-state index >= 15 is 0 Å². The second-order valence-corrected chi connectivity index (χ2v) is 4.06. The summed E-state index contributed by atoms with van der Waals surface area (Å²) < 4.78 is 10.4. The summed E-state index contributed by atoms with van der Waals surface area (Å²) >= 11 is 1.49. The highest BCUT2D eigenvalue weighted by molar-refractivity contribution is 7.13. The molecule has 88 valence electrons. The lowest BCUT2D eigenvalue weighted by Crippen LogP contribution is -1.91. The lowest BCUT2D eigenvalue weighted by atomic mass is 10.2. The van der Waals surface area contributed by atoms with E-state index in [1.54, 1.807) is 26.6 Å². The summed E-state index contributed by atoms with van der Waals surface area (Å²) in [4.78, 5) is 8.33. The number of rotatable bonds is 4. The maximum Gasteiger partial charge on any atom is 0.208 e. The van der Waals surface area contributed by atoms with Crippen LogP contribution in [0.3, 0.4) is 0 Å². The molecule has 0 saturated carbocycles. The largest absolute Gasteiger partial charge is 0.493 e. The van der Waals surface area contributed by atoms with E-state index in [0.717, 1.165) is 10.7 Å². The molecule has 0 spiro atoms. The average molecular weight is 248 g/mol. The number of methoxy groups -OCH3 is 2. The van der Waals surface area contributed by atoms with Crippen LogP contribution in [0.25, 0.3) is 0 Å². The molecule has 1 heterocycles. The van der Waals surface area contributed by atoms with Crippen LogP contribution < -0.4 is 9.47 Å². The minimum Gasteiger partial charge on any atom is -0.493 e. The third kappa shape index (κ3) is 2.82. The summed E-state index contributed by atoms with van der Waals surface area (Å²) in [5, 5.41) is 2.63. The zero-order valence-corrected chi connectivity index (χ0v) is 10.4. The van der Waals surface area contributed by atoms with Crippen LogP contribution in [-0.2, 0) is 0 Å². The molecule has 0 unspecified atom stereocenters. The van der Waals surface area contributed by atoms with Crippen LogP contribution in [0.4, 0.5) is 5.13 Å². The molecule has 17 heavy (non-hydrogen) atoms. The molecule has 0 atom stereocenters. The summed E-state index contributed by atoms with van der Waals surface area (Å²) in [6.07, 6.45) is 3.48. The first kappa shape index (κ1) is 11.6. The van der Waals surface area contributed by atoms with Crippen molar-refractivity contribution in [3.05, 3.63) is 35.3 Å². The fraction of sp³-hybridized carbons (Fsp3) is 0.167. The minimum atomic E-state index is 0.690. The van der Waals surface area contributed by atoms with Crippen LogP contribution in [-0.4, -0.2) is 25.4 Å². The van der Waals surface area contributed by atoms with Gasteiger partial charge in [0.05, 0.1) is 14.2 Å². The predicted molar refractivity (Wildman–Crippen MR) is 68.9 cm³/mol. The molecular weight excluding hydrogens is 236 g/mol. The molecular formula is C12H12N2O2S. The van der Waals surface area contributed by atoms with Crippen LogP contribution in [0.2, 0.25) is 0 Å². The van der Waals surface area contributed by atoms with Gasteiger partial charge >= 0.3 is 0 Å². The Kier molecular flexibility index (Phi) is 3.72. The van der Waals surface area contributed by atoms with E-state index in [0.29, 0.717) is 11.5 Å². The average Bonchev–Trinajstić information content (AvgIpc) is 2.89. The summed E-state index contributed by atoms with van der Waals surface area (Å²) in [6.45, 7) is 0. The van der Waals surface area contributed by atoms with Gasteiger partial charge in [-0.05, 0) is 23.8 Å².